The van der Waals surface area contributed by atoms with Gasteiger partial charge in [0, 0.05) is 26.8 Å². The number of benzene rings is 2. The summed E-state index contributed by atoms with van der Waals surface area (Å²) in [6.07, 6.45) is 0. The monoisotopic (exact) mass is 442 g/mol. The van der Waals surface area contributed by atoms with Crippen LogP contribution in [0.3, 0.4) is 0 Å². The first-order chi connectivity index (χ1) is 11.6. The first-order valence-electron chi connectivity index (χ1n) is 7.47. The molecule has 0 aliphatic rings. The molecule has 25 heavy (non-hydrogen) atoms. The Morgan fingerprint density at radius 2 is 1.52 bits per heavy atom. The van der Waals surface area contributed by atoms with Crippen molar-refractivity contribution < 1.29 is 9.59 Å². The van der Waals surface area contributed by atoms with Gasteiger partial charge in [0.2, 0.25) is 0 Å². The van der Waals surface area contributed by atoms with Crippen LogP contribution in [0.4, 0.5) is 0 Å². The van der Waals surface area contributed by atoms with Gasteiger partial charge in [0.15, 0.2) is 0 Å². The number of nitrogens with zero attached hydrogens (tertiary/aromatic N) is 2. The van der Waals surface area contributed by atoms with Gasteiger partial charge in [0.1, 0.15) is 0 Å². The van der Waals surface area contributed by atoms with Crippen LogP contribution in [-0.2, 0) is 0 Å². The second-order valence-electron chi connectivity index (χ2n) is 6.34. The van der Waals surface area contributed by atoms with E-state index in [4.69, 9.17) is 23.4 Å². The maximum Gasteiger partial charge on any atom is 0.288 e. The van der Waals surface area contributed by atoms with Crippen molar-refractivity contribution in [3.05, 3.63) is 69.2 Å². The van der Waals surface area contributed by atoms with E-state index in [1.807, 2.05) is 0 Å². The Kier molecular flexibility index (Phi) is 6.14. The zero-order valence-corrected chi connectivity index (χ0v) is 17.1. The third-order valence-corrected chi connectivity index (χ3v) is 4.61. The normalized spacial score (nSPS) is 11.1. The molecule has 0 atom stereocenters. The molecule has 0 radical (unpaired) electrons. The highest BCUT2D eigenvalue weighted by Gasteiger charge is 2.36. The maximum absolute atomic E-state index is 13.0. The fraction of sp³-hybridized carbons (Fsp3) is 0.222. The van der Waals surface area contributed by atoms with E-state index in [-0.39, 0.29) is 0 Å². The number of rotatable bonds is 2. The van der Waals surface area contributed by atoms with Gasteiger partial charge in [0.05, 0.1) is 11.1 Å². The number of halogens is 3. The Hall–Kier alpha value is -1.56. The van der Waals surface area contributed by atoms with E-state index >= 15 is 0 Å². The van der Waals surface area contributed by atoms with Gasteiger partial charge in [-0.25, -0.2) is 5.01 Å². The van der Waals surface area contributed by atoms with Crippen LogP contribution < -0.4 is 0 Å². The van der Waals surface area contributed by atoms with E-state index in [9.17, 15) is 9.59 Å². The summed E-state index contributed by atoms with van der Waals surface area (Å²) in [6.45, 7) is 5.39. The second-order valence-corrected chi connectivity index (χ2v) is 7.95. The average Bonchev–Trinajstić information content (AvgIpc) is 2.54. The van der Waals surface area contributed by atoms with Gasteiger partial charge in [-0.2, -0.15) is 4.53 Å². The third kappa shape index (κ3) is 4.54. The molecule has 0 saturated carbocycles. The molecule has 0 fully saturated rings. The lowest BCUT2D eigenvalue weighted by Crippen LogP contribution is -2.54. The van der Waals surface area contributed by atoms with Crippen molar-refractivity contribution in [1.82, 2.24) is 9.54 Å². The summed E-state index contributed by atoms with van der Waals surface area (Å²) in [5.74, 6) is -0.911. The number of hydrazine groups is 1. The summed E-state index contributed by atoms with van der Waals surface area (Å²) < 4.78 is 1.43. The number of carbonyl (C=O) groups excluding carboxylic acids is 2. The standard InChI is InChI=1S/C18H17BrCl2N2O2/c1-18(2,3)22(16(24)12-8-10-13(20)11-9-12)23(21)17(25)14-6-4-5-7-15(14)19/h4-11H,1-3H3. The molecule has 2 aromatic carbocycles. The number of hydrogen-bond donors (Lipinski definition) is 0. The highest BCUT2D eigenvalue weighted by atomic mass is 79.9. The van der Waals surface area contributed by atoms with Crippen molar-refractivity contribution in [2.75, 3.05) is 0 Å². The molecule has 0 saturated heterocycles. The average molecular weight is 444 g/mol. The molecule has 0 N–H and O–H groups in total. The predicted molar refractivity (Wildman–Crippen MR) is 104 cm³/mol. The third-order valence-electron chi connectivity index (χ3n) is 3.37. The van der Waals surface area contributed by atoms with Crippen LogP contribution in [0.5, 0.6) is 0 Å². The molecule has 0 aliphatic carbocycles. The molecule has 0 spiro atoms. The molecule has 0 heterocycles. The Balaban J connectivity index is 2.40. The largest absolute Gasteiger partial charge is 0.288 e. The molecule has 0 aliphatic heterocycles. The zero-order chi connectivity index (χ0) is 18.8. The molecule has 132 valence electrons. The van der Waals surface area contributed by atoms with Crippen LogP contribution in [0.25, 0.3) is 0 Å². The molecule has 4 nitrogen and oxygen atoms in total. The molecule has 0 bridgehead atoms. The molecular formula is C18H17BrCl2N2O2. The fourth-order valence-corrected chi connectivity index (χ4v) is 3.15. The van der Waals surface area contributed by atoms with Gasteiger partial charge >= 0.3 is 0 Å². The summed E-state index contributed by atoms with van der Waals surface area (Å²) in [7, 11) is 0. The lowest BCUT2D eigenvalue weighted by Gasteiger charge is -2.39. The first kappa shape index (κ1) is 19.8. The quantitative estimate of drug-likeness (QED) is 0.450. The van der Waals surface area contributed by atoms with Gasteiger partial charge in [0.25, 0.3) is 11.8 Å². The van der Waals surface area contributed by atoms with Crippen molar-refractivity contribution in [1.29, 1.82) is 0 Å². The maximum atomic E-state index is 13.0. The number of amides is 2. The minimum atomic E-state index is -0.727. The van der Waals surface area contributed by atoms with E-state index in [1.54, 1.807) is 69.3 Å². The highest BCUT2D eigenvalue weighted by Crippen LogP contribution is 2.26. The van der Waals surface area contributed by atoms with Crippen LogP contribution in [0, 0.1) is 0 Å². The minimum absolute atomic E-state index is 0.357. The summed E-state index contributed by atoms with van der Waals surface area (Å²) in [5.41, 5.74) is 0.00983. The molecule has 0 aromatic heterocycles. The van der Waals surface area contributed by atoms with Gasteiger partial charge in [-0.3, -0.25) is 9.59 Å². The molecule has 2 amide bonds. The molecule has 2 rings (SSSR count). The first-order valence-corrected chi connectivity index (χ1v) is 8.98. The van der Waals surface area contributed by atoms with Gasteiger partial charge < -0.3 is 0 Å². The van der Waals surface area contributed by atoms with Gasteiger partial charge in [-0.1, -0.05) is 23.7 Å². The Bertz CT molecular complexity index is 788. The summed E-state index contributed by atoms with van der Waals surface area (Å²) in [4.78, 5) is 25.8. The van der Waals surface area contributed by atoms with E-state index in [0.717, 1.165) is 4.53 Å². The molecule has 0 unspecified atom stereocenters. The van der Waals surface area contributed by atoms with Crippen LogP contribution >= 0.6 is 39.3 Å². The second kappa shape index (κ2) is 7.77. The topological polar surface area (TPSA) is 40.6 Å². The Morgan fingerprint density at radius 1 is 0.960 bits per heavy atom. The van der Waals surface area contributed by atoms with Crippen molar-refractivity contribution >= 4 is 51.1 Å². The van der Waals surface area contributed by atoms with Crippen molar-refractivity contribution in [2.45, 2.75) is 26.3 Å². The van der Waals surface area contributed by atoms with Crippen molar-refractivity contribution in [3.63, 3.8) is 0 Å². The lowest BCUT2D eigenvalue weighted by molar-refractivity contribution is -0.00374. The van der Waals surface area contributed by atoms with Crippen molar-refractivity contribution in [3.8, 4) is 0 Å². The van der Waals surface area contributed by atoms with Crippen LogP contribution in [0.15, 0.2) is 53.0 Å². The zero-order valence-electron chi connectivity index (χ0n) is 14.0. The van der Waals surface area contributed by atoms with Crippen LogP contribution in [-0.4, -0.2) is 26.9 Å². The lowest BCUT2D eigenvalue weighted by atomic mass is 10.1. The van der Waals surface area contributed by atoms with Gasteiger partial charge in [-0.15, -0.1) is 0 Å². The number of hydrogen-bond acceptors (Lipinski definition) is 2. The fourth-order valence-electron chi connectivity index (χ4n) is 2.19. The van der Waals surface area contributed by atoms with E-state index in [1.165, 1.54) is 5.01 Å². The SMILES string of the molecule is CC(C)(C)N(C(=O)c1ccc(Cl)cc1)N(Cl)C(=O)c1ccccc1Br. The smallest absolute Gasteiger partial charge is 0.267 e. The summed E-state index contributed by atoms with van der Waals surface area (Å²) in [5, 5.41) is 1.74. The Morgan fingerprint density at radius 3 is 2.04 bits per heavy atom. The summed E-state index contributed by atoms with van der Waals surface area (Å²) in [6, 6.07) is 13.3. The van der Waals surface area contributed by atoms with E-state index < -0.39 is 17.4 Å². The highest BCUT2D eigenvalue weighted by molar-refractivity contribution is 9.10. The number of carbonyl (C=O) groups is 2. The van der Waals surface area contributed by atoms with E-state index in [0.29, 0.717) is 20.6 Å². The molecule has 2 aromatic rings. The van der Waals surface area contributed by atoms with Crippen molar-refractivity contribution in [2.24, 2.45) is 0 Å². The van der Waals surface area contributed by atoms with E-state index in [2.05, 4.69) is 15.9 Å². The van der Waals surface area contributed by atoms with Crippen LogP contribution in [0.1, 0.15) is 41.5 Å². The van der Waals surface area contributed by atoms with Gasteiger partial charge in [-0.05, 0) is 73.1 Å². The predicted octanol–water partition coefficient (Wildman–Crippen LogP) is 5.55. The molecule has 7 heteroatoms. The molecular weight excluding hydrogens is 427 g/mol. The summed E-state index contributed by atoms with van der Waals surface area (Å²) >= 11 is 15.5. The van der Waals surface area contributed by atoms with Crippen LogP contribution in [0.2, 0.25) is 5.02 Å². The Labute approximate surface area is 165 Å². The minimum Gasteiger partial charge on any atom is -0.267 e.